The average molecular weight is 302 g/mol. The first-order valence-electron chi connectivity index (χ1n) is 7.04. The lowest BCUT2D eigenvalue weighted by Crippen LogP contribution is -2.31. The van der Waals surface area contributed by atoms with Gasteiger partial charge in [-0.05, 0) is 31.0 Å². The molecule has 0 aliphatic rings. The van der Waals surface area contributed by atoms with Crippen molar-refractivity contribution < 1.29 is 4.79 Å². The first kappa shape index (κ1) is 15.6. The number of amides is 1. The zero-order valence-corrected chi connectivity index (χ0v) is 13.4. The molecule has 0 heterocycles. The summed E-state index contributed by atoms with van der Waals surface area (Å²) in [4.78, 5) is 14.2. The van der Waals surface area contributed by atoms with Gasteiger partial charge < -0.3 is 4.90 Å². The summed E-state index contributed by atoms with van der Waals surface area (Å²) in [5.74, 6) is 0.0659. The molecular weight excluding hydrogens is 282 g/mol. The molecule has 0 aliphatic heterocycles. The van der Waals surface area contributed by atoms with E-state index < -0.39 is 0 Å². The van der Waals surface area contributed by atoms with Crippen molar-refractivity contribution in [2.45, 2.75) is 26.3 Å². The summed E-state index contributed by atoms with van der Waals surface area (Å²) in [6.07, 6.45) is 0.326. The van der Waals surface area contributed by atoms with E-state index in [9.17, 15) is 4.79 Å². The Morgan fingerprint density at radius 1 is 1.14 bits per heavy atom. The van der Waals surface area contributed by atoms with Crippen molar-refractivity contribution in [3.63, 3.8) is 0 Å². The number of aryl methyl sites for hydroxylation is 1. The molecule has 0 saturated heterocycles. The number of nitrogens with zero attached hydrogens (tertiary/aromatic N) is 1. The summed E-state index contributed by atoms with van der Waals surface area (Å²) in [6, 6.07) is 15.8. The second-order valence-corrected chi connectivity index (χ2v) is 5.77. The molecule has 1 unspecified atom stereocenters. The summed E-state index contributed by atoms with van der Waals surface area (Å²) in [6.45, 7) is 4.09. The van der Waals surface area contributed by atoms with Crippen molar-refractivity contribution in [1.29, 1.82) is 0 Å². The molecule has 1 atom stereocenters. The van der Waals surface area contributed by atoms with Gasteiger partial charge in [0.05, 0.1) is 12.5 Å². The molecule has 2 aromatic carbocycles. The third kappa shape index (κ3) is 3.85. The number of halogens is 1. The fourth-order valence-corrected chi connectivity index (χ4v) is 2.42. The van der Waals surface area contributed by atoms with E-state index in [4.69, 9.17) is 11.6 Å². The van der Waals surface area contributed by atoms with Crippen LogP contribution in [0.5, 0.6) is 0 Å². The molecule has 0 aliphatic carbocycles. The first-order valence-corrected chi connectivity index (χ1v) is 7.42. The van der Waals surface area contributed by atoms with Gasteiger partial charge in [-0.25, -0.2) is 0 Å². The Morgan fingerprint density at radius 3 is 2.38 bits per heavy atom. The molecule has 0 radical (unpaired) electrons. The van der Waals surface area contributed by atoms with Gasteiger partial charge in [0.1, 0.15) is 0 Å². The summed E-state index contributed by atoms with van der Waals surface area (Å²) in [5, 5.41) is 0.641. The minimum atomic E-state index is 0.0422. The Morgan fingerprint density at radius 2 is 1.76 bits per heavy atom. The second-order valence-electron chi connectivity index (χ2n) is 5.36. The average Bonchev–Trinajstić information content (AvgIpc) is 2.49. The largest absolute Gasteiger partial charge is 0.339 e. The van der Waals surface area contributed by atoms with Crippen molar-refractivity contribution in [2.75, 3.05) is 7.05 Å². The Hall–Kier alpha value is -1.80. The third-order valence-corrected chi connectivity index (χ3v) is 4.20. The van der Waals surface area contributed by atoms with E-state index in [-0.39, 0.29) is 11.9 Å². The number of likely N-dealkylation sites (N-methyl/N-ethyl adjacent to an activating group) is 1. The van der Waals surface area contributed by atoms with E-state index in [1.165, 1.54) is 5.56 Å². The van der Waals surface area contributed by atoms with Gasteiger partial charge in [0, 0.05) is 12.1 Å². The molecule has 0 N–H and O–H groups in total. The molecule has 2 nitrogen and oxygen atoms in total. The predicted molar refractivity (Wildman–Crippen MR) is 87.5 cm³/mol. The number of hydrogen-bond donors (Lipinski definition) is 0. The fraction of sp³-hybridized carbons (Fsp3) is 0.278. The van der Waals surface area contributed by atoms with Gasteiger partial charge in [0.2, 0.25) is 5.91 Å². The van der Waals surface area contributed by atoms with Gasteiger partial charge >= 0.3 is 0 Å². The van der Waals surface area contributed by atoms with Gasteiger partial charge in [-0.1, -0.05) is 59.6 Å². The number of hydrogen-bond acceptors (Lipinski definition) is 1. The lowest BCUT2D eigenvalue weighted by atomic mass is 10.0. The number of carbonyl (C=O) groups excluding carboxylic acids is 1. The Balaban J connectivity index is 2.08. The third-order valence-electron chi connectivity index (χ3n) is 3.83. The van der Waals surface area contributed by atoms with Crippen molar-refractivity contribution in [3.8, 4) is 0 Å². The van der Waals surface area contributed by atoms with E-state index in [2.05, 4.69) is 31.2 Å². The topological polar surface area (TPSA) is 20.3 Å². The first-order chi connectivity index (χ1) is 9.99. The Labute approximate surface area is 131 Å². The van der Waals surface area contributed by atoms with Crippen LogP contribution < -0.4 is 0 Å². The summed E-state index contributed by atoms with van der Waals surface area (Å²) < 4.78 is 0. The molecule has 0 bridgehead atoms. The fourth-order valence-electron chi connectivity index (χ4n) is 2.21. The quantitative estimate of drug-likeness (QED) is 0.819. The van der Waals surface area contributed by atoms with Crippen molar-refractivity contribution in [2.24, 2.45) is 0 Å². The van der Waals surface area contributed by atoms with Crippen molar-refractivity contribution in [1.82, 2.24) is 4.90 Å². The molecule has 0 spiro atoms. The van der Waals surface area contributed by atoms with Crippen molar-refractivity contribution in [3.05, 3.63) is 70.2 Å². The zero-order chi connectivity index (χ0) is 15.4. The zero-order valence-electron chi connectivity index (χ0n) is 12.6. The predicted octanol–water partition coefficient (Wildman–Crippen LogP) is 4.41. The molecule has 110 valence electrons. The molecule has 3 heteroatoms. The lowest BCUT2D eigenvalue weighted by molar-refractivity contribution is -0.131. The second kappa shape index (κ2) is 6.77. The standard InChI is InChI=1S/C18H20ClNO/c1-13-8-10-15(11-9-13)14(2)20(3)18(21)12-16-6-4-5-7-17(16)19/h4-11,14H,12H2,1-3H3. The molecule has 21 heavy (non-hydrogen) atoms. The van der Waals surface area contributed by atoms with Crippen LogP contribution in [0.4, 0.5) is 0 Å². The van der Waals surface area contributed by atoms with Crippen LogP contribution in [0.15, 0.2) is 48.5 Å². The molecule has 0 saturated carbocycles. The van der Waals surface area contributed by atoms with E-state index >= 15 is 0 Å². The summed E-state index contributed by atoms with van der Waals surface area (Å²) in [5.41, 5.74) is 3.22. The molecular formula is C18H20ClNO. The van der Waals surface area contributed by atoms with Crippen LogP contribution in [0.1, 0.15) is 29.7 Å². The minimum absolute atomic E-state index is 0.0422. The van der Waals surface area contributed by atoms with Gasteiger partial charge in [-0.15, -0.1) is 0 Å². The van der Waals surface area contributed by atoms with Crippen molar-refractivity contribution >= 4 is 17.5 Å². The molecule has 1 amide bonds. The van der Waals surface area contributed by atoms with Crippen LogP contribution in [-0.2, 0) is 11.2 Å². The maximum absolute atomic E-state index is 12.4. The SMILES string of the molecule is Cc1ccc(C(C)N(C)C(=O)Cc2ccccc2Cl)cc1. The minimum Gasteiger partial charge on any atom is -0.339 e. The van der Waals surface area contributed by atoms with E-state index in [1.807, 2.05) is 38.2 Å². The number of carbonyl (C=O) groups is 1. The molecule has 2 rings (SSSR count). The molecule has 2 aromatic rings. The van der Waals surface area contributed by atoms with Gasteiger partial charge in [-0.2, -0.15) is 0 Å². The highest BCUT2D eigenvalue weighted by Gasteiger charge is 2.18. The van der Waals surface area contributed by atoms with Crippen LogP contribution in [-0.4, -0.2) is 17.9 Å². The normalized spacial score (nSPS) is 12.0. The van der Waals surface area contributed by atoms with Gasteiger partial charge in [0.25, 0.3) is 0 Å². The summed E-state index contributed by atoms with van der Waals surface area (Å²) >= 11 is 6.12. The molecule has 0 aromatic heterocycles. The highest BCUT2D eigenvalue weighted by atomic mass is 35.5. The van der Waals surface area contributed by atoms with Crippen LogP contribution in [0.25, 0.3) is 0 Å². The summed E-state index contributed by atoms with van der Waals surface area (Å²) in [7, 11) is 1.84. The van der Waals surface area contributed by atoms with E-state index in [1.54, 1.807) is 4.90 Å². The molecule has 0 fully saturated rings. The number of rotatable bonds is 4. The Kier molecular flexibility index (Phi) is 5.03. The lowest BCUT2D eigenvalue weighted by Gasteiger charge is -2.25. The number of benzene rings is 2. The Bertz CT molecular complexity index is 621. The van der Waals surface area contributed by atoms with E-state index in [0.717, 1.165) is 11.1 Å². The van der Waals surface area contributed by atoms with Crippen LogP contribution in [0.3, 0.4) is 0 Å². The van der Waals surface area contributed by atoms with Gasteiger partial charge in [-0.3, -0.25) is 4.79 Å². The van der Waals surface area contributed by atoms with Crippen LogP contribution in [0, 0.1) is 6.92 Å². The van der Waals surface area contributed by atoms with Crippen LogP contribution in [0.2, 0.25) is 5.02 Å². The monoisotopic (exact) mass is 301 g/mol. The van der Waals surface area contributed by atoms with Gasteiger partial charge in [0.15, 0.2) is 0 Å². The van der Waals surface area contributed by atoms with E-state index in [0.29, 0.717) is 11.4 Å². The van der Waals surface area contributed by atoms with Crippen LogP contribution >= 0.6 is 11.6 Å². The smallest absolute Gasteiger partial charge is 0.227 e. The highest BCUT2D eigenvalue weighted by Crippen LogP contribution is 2.22. The maximum Gasteiger partial charge on any atom is 0.227 e. The maximum atomic E-state index is 12.4. The highest BCUT2D eigenvalue weighted by molar-refractivity contribution is 6.31.